The van der Waals surface area contributed by atoms with Gasteiger partial charge < -0.3 is 19.9 Å². The van der Waals surface area contributed by atoms with E-state index < -0.39 is 0 Å². The molecular formula is C23H28ClN3O3. The molecule has 2 aromatic rings. The second-order valence-corrected chi connectivity index (χ2v) is 8.51. The summed E-state index contributed by atoms with van der Waals surface area (Å²) in [5.74, 6) is 1.31. The highest BCUT2D eigenvalue weighted by atomic mass is 35.5. The van der Waals surface area contributed by atoms with E-state index in [2.05, 4.69) is 22.8 Å². The molecule has 1 amide bonds. The summed E-state index contributed by atoms with van der Waals surface area (Å²) >= 11 is 0. The maximum atomic E-state index is 13.0. The van der Waals surface area contributed by atoms with Crippen molar-refractivity contribution in [1.82, 2.24) is 15.2 Å². The highest BCUT2D eigenvalue weighted by molar-refractivity contribution is 5.93. The number of ether oxygens (including phenoxy) is 1. The number of halogens is 1. The highest BCUT2D eigenvalue weighted by Crippen LogP contribution is 2.32. The van der Waals surface area contributed by atoms with Crippen LogP contribution < -0.4 is 20.9 Å². The van der Waals surface area contributed by atoms with Crippen LogP contribution in [0.15, 0.2) is 29.1 Å². The van der Waals surface area contributed by atoms with Crippen molar-refractivity contribution in [2.24, 2.45) is 5.92 Å². The number of pyridine rings is 1. The normalized spacial score (nSPS) is 21.2. The molecule has 3 aliphatic rings. The average Bonchev–Trinajstić information content (AvgIpc) is 3.19. The first kappa shape index (κ1) is 20.9. The lowest BCUT2D eigenvalue weighted by atomic mass is 9.84. The molecule has 2 bridgehead atoms. The van der Waals surface area contributed by atoms with Gasteiger partial charge in [0.15, 0.2) is 0 Å². The molecule has 1 saturated heterocycles. The number of nitrogens with zero attached hydrogens (tertiary/aromatic N) is 1. The number of amides is 1. The van der Waals surface area contributed by atoms with Gasteiger partial charge in [0.2, 0.25) is 0 Å². The molecule has 7 heteroatoms. The lowest BCUT2D eigenvalue weighted by Crippen LogP contribution is -2.46. The lowest BCUT2D eigenvalue weighted by Gasteiger charge is -2.37. The number of carbonyl (C=O) groups excluding carboxylic acids is 1. The van der Waals surface area contributed by atoms with E-state index in [4.69, 9.17) is 4.74 Å². The molecule has 2 atom stereocenters. The molecule has 3 heterocycles. The van der Waals surface area contributed by atoms with E-state index in [0.29, 0.717) is 24.9 Å². The van der Waals surface area contributed by atoms with Crippen molar-refractivity contribution in [3.63, 3.8) is 0 Å². The van der Waals surface area contributed by atoms with E-state index >= 15 is 0 Å². The zero-order valence-corrected chi connectivity index (χ0v) is 18.0. The minimum atomic E-state index is -0.318. The molecule has 2 N–H and O–H groups in total. The smallest absolute Gasteiger partial charge is 0.263 e. The summed E-state index contributed by atoms with van der Waals surface area (Å²) in [6.45, 7) is 2.89. The Balaban J connectivity index is 0.00000218. The topological polar surface area (TPSA) is 72.4 Å². The van der Waals surface area contributed by atoms with Crippen molar-refractivity contribution in [1.29, 1.82) is 0 Å². The maximum Gasteiger partial charge on any atom is 0.263 e. The van der Waals surface area contributed by atoms with Crippen molar-refractivity contribution >= 4 is 18.3 Å². The van der Waals surface area contributed by atoms with Crippen molar-refractivity contribution in [3.05, 3.63) is 62.6 Å². The molecule has 0 spiro atoms. The molecule has 0 radical (unpaired) electrons. The van der Waals surface area contributed by atoms with Crippen LogP contribution >= 0.6 is 12.4 Å². The van der Waals surface area contributed by atoms with Gasteiger partial charge in [-0.05, 0) is 67.5 Å². The molecule has 1 aliphatic carbocycles. The van der Waals surface area contributed by atoms with E-state index in [0.717, 1.165) is 55.8 Å². The third-order valence-electron chi connectivity index (χ3n) is 6.69. The summed E-state index contributed by atoms with van der Waals surface area (Å²) in [6.07, 6.45) is 4.44. The molecule has 5 rings (SSSR count). The fraction of sp³-hybridized carbons (Fsp3) is 0.478. The molecule has 30 heavy (non-hydrogen) atoms. The Labute approximate surface area is 182 Å². The SMILES string of the molecule is COc1cc2c(cc1CNC(=O)c1ccc3n(c1=O)C[C@@H]1CNC[C@H]3C1)CCC2.Cl. The Morgan fingerprint density at radius 3 is 2.83 bits per heavy atom. The first-order chi connectivity index (χ1) is 14.1. The number of rotatable bonds is 4. The Bertz CT molecular complexity index is 1030. The zero-order valence-electron chi connectivity index (χ0n) is 17.2. The molecule has 1 aromatic carbocycles. The first-order valence-corrected chi connectivity index (χ1v) is 10.6. The predicted molar refractivity (Wildman–Crippen MR) is 118 cm³/mol. The minimum absolute atomic E-state index is 0. The summed E-state index contributed by atoms with van der Waals surface area (Å²) in [4.78, 5) is 25.9. The zero-order chi connectivity index (χ0) is 20.0. The molecule has 0 saturated carbocycles. The van der Waals surface area contributed by atoms with Gasteiger partial charge in [-0.2, -0.15) is 0 Å². The third-order valence-corrected chi connectivity index (χ3v) is 6.69. The number of hydrogen-bond donors (Lipinski definition) is 2. The second-order valence-electron chi connectivity index (χ2n) is 8.51. The summed E-state index contributed by atoms with van der Waals surface area (Å²) < 4.78 is 7.35. The number of fused-ring (bicyclic) bond motifs is 5. The number of methoxy groups -OCH3 is 1. The van der Waals surface area contributed by atoms with Crippen molar-refractivity contribution in [2.45, 2.75) is 44.7 Å². The van der Waals surface area contributed by atoms with Crippen LogP contribution in [0, 0.1) is 5.92 Å². The van der Waals surface area contributed by atoms with Gasteiger partial charge in [-0.15, -0.1) is 12.4 Å². The van der Waals surface area contributed by atoms with Crippen molar-refractivity contribution < 1.29 is 9.53 Å². The molecule has 1 fully saturated rings. The van der Waals surface area contributed by atoms with E-state index in [9.17, 15) is 9.59 Å². The molecule has 160 valence electrons. The van der Waals surface area contributed by atoms with Crippen molar-refractivity contribution in [3.8, 4) is 5.75 Å². The van der Waals surface area contributed by atoms with Crippen LogP contribution in [0.2, 0.25) is 0 Å². The Morgan fingerprint density at radius 2 is 2.03 bits per heavy atom. The van der Waals surface area contributed by atoms with Gasteiger partial charge >= 0.3 is 0 Å². The molecule has 1 aromatic heterocycles. The average molecular weight is 430 g/mol. The fourth-order valence-electron chi connectivity index (χ4n) is 5.21. The van der Waals surface area contributed by atoms with Gasteiger partial charge in [0.1, 0.15) is 11.3 Å². The molecule has 0 unspecified atom stereocenters. The van der Waals surface area contributed by atoms with Gasteiger partial charge in [0, 0.05) is 36.8 Å². The monoisotopic (exact) mass is 429 g/mol. The van der Waals surface area contributed by atoms with Gasteiger partial charge in [0.05, 0.1) is 7.11 Å². The first-order valence-electron chi connectivity index (χ1n) is 10.6. The van der Waals surface area contributed by atoms with E-state index in [1.165, 1.54) is 11.1 Å². The summed E-state index contributed by atoms with van der Waals surface area (Å²) in [5, 5.41) is 6.38. The maximum absolute atomic E-state index is 13.0. The second kappa shape index (κ2) is 8.44. The van der Waals surface area contributed by atoms with Gasteiger partial charge in [-0.3, -0.25) is 9.59 Å². The number of nitrogens with one attached hydrogen (secondary N) is 2. The number of benzene rings is 1. The summed E-state index contributed by atoms with van der Waals surface area (Å²) in [7, 11) is 1.66. The number of carbonyl (C=O) groups is 1. The molecular weight excluding hydrogens is 402 g/mol. The van der Waals surface area contributed by atoms with Gasteiger partial charge in [-0.25, -0.2) is 0 Å². The van der Waals surface area contributed by atoms with E-state index in [-0.39, 0.29) is 29.4 Å². The minimum Gasteiger partial charge on any atom is -0.496 e. The van der Waals surface area contributed by atoms with Gasteiger partial charge in [-0.1, -0.05) is 6.07 Å². The Kier molecular flexibility index (Phi) is 5.89. The third kappa shape index (κ3) is 3.63. The predicted octanol–water partition coefficient (Wildman–Crippen LogP) is 2.40. The number of piperidine rings is 1. The fourth-order valence-corrected chi connectivity index (χ4v) is 5.21. The van der Waals surface area contributed by atoms with Crippen LogP contribution in [0.4, 0.5) is 0 Å². The van der Waals surface area contributed by atoms with E-state index in [1.54, 1.807) is 13.2 Å². The van der Waals surface area contributed by atoms with Crippen LogP contribution in [-0.2, 0) is 25.9 Å². The number of hydrogen-bond acceptors (Lipinski definition) is 4. The van der Waals surface area contributed by atoms with Crippen LogP contribution in [-0.4, -0.2) is 30.7 Å². The van der Waals surface area contributed by atoms with E-state index in [1.807, 2.05) is 10.6 Å². The Morgan fingerprint density at radius 1 is 1.23 bits per heavy atom. The highest BCUT2D eigenvalue weighted by Gasteiger charge is 2.31. The number of aryl methyl sites for hydroxylation is 2. The van der Waals surface area contributed by atoms with Crippen molar-refractivity contribution in [2.75, 3.05) is 20.2 Å². The quantitative estimate of drug-likeness (QED) is 0.782. The Hall–Kier alpha value is -2.31. The van der Waals surface area contributed by atoms with Crippen LogP contribution in [0.1, 0.15) is 51.5 Å². The van der Waals surface area contributed by atoms with Gasteiger partial charge in [0.25, 0.3) is 11.5 Å². The summed E-state index contributed by atoms with van der Waals surface area (Å²) in [5.41, 5.74) is 4.74. The molecule has 6 nitrogen and oxygen atoms in total. The standard InChI is InChI=1S/C23H27N3O3.ClH/c1-29-21-9-16-4-2-3-15(16)8-18(21)12-25-22(27)19-5-6-20-17-7-14(10-24-11-17)13-26(20)23(19)28;/h5-6,8-9,14,17,24H,2-4,7,10-13H2,1H3,(H,25,27);1H/t14-,17+;/m0./s1. The number of aromatic nitrogens is 1. The van der Waals surface area contributed by atoms with Crippen LogP contribution in [0.3, 0.4) is 0 Å². The molecule has 2 aliphatic heterocycles. The lowest BCUT2D eigenvalue weighted by molar-refractivity contribution is 0.0947. The summed E-state index contributed by atoms with van der Waals surface area (Å²) in [6, 6.07) is 7.87. The van der Waals surface area contributed by atoms with Crippen LogP contribution in [0.5, 0.6) is 5.75 Å². The largest absolute Gasteiger partial charge is 0.496 e. The van der Waals surface area contributed by atoms with Crippen LogP contribution in [0.25, 0.3) is 0 Å².